The molecule has 0 aliphatic rings. The predicted molar refractivity (Wildman–Crippen MR) is 139 cm³/mol. The first-order valence-corrected chi connectivity index (χ1v) is 13.3. The minimum atomic E-state index is -0.425. The zero-order valence-corrected chi connectivity index (χ0v) is 22.2. The van der Waals surface area contributed by atoms with Crippen molar-refractivity contribution < 1.29 is 9.59 Å². The highest BCUT2D eigenvalue weighted by molar-refractivity contribution is 7.99. The lowest BCUT2D eigenvalue weighted by Crippen LogP contribution is -2.46. The summed E-state index contributed by atoms with van der Waals surface area (Å²) in [7, 11) is 0. The molecular formula is C27H49NO2S. The number of thioether (sulfide) groups is 1. The fraction of sp³-hybridized carbons (Fsp3) is 0.778. The highest BCUT2D eigenvalue weighted by Crippen LogP contribution is 2.20. The van der Waals surface area contributed by atoms with Gasteiger partial charge in [-0.2, -0.15) is 11.8 Å². The van der Waals surface area contributed by atoms with E-state index in [4.69, 9.17) is 0 Å². The van der Waals surface area contributed by atoms with Gasteiger partial charge >= 0.3 is 0 Å². The first-order valence-electron chi connectivity index (χ1n) is 12.1. The maximum absolute atomic E-state index is 12.5. The zero-order valence-electron chi connectivity index (χ0n) is 21.4. The van der Waals surface area contributed by atoms with Crippen molar-refractivity contribution in [3.8, 4) is 0 Å². The van der Waals surface area contributed by atoms with Gasteiger partial charge in [-0.3, -0.25) is 9.59 Å². The third-order valence-corrected chi connectivity index (χ3v) is 6.11. The number of hydrogen-bond donors (Lipinski definition) is 1. The molecule has 3 nitrogen and oxygen atoms in total. The Morgan fingerprint density at radius 3 is 2.00 bits per heavy atom. The van der Waals surface area contributed by atoms with E-state index in [1.807, 2.05) is 20.8 Å². The van der Waals surface area contributed by atoms with Gasteiger partial charge in [0.25, 0.3) is 0 Å². The van der Waals surface area contributed by atoms with Gasteiger partial charge in [0.15, 0.2) is 5.78 Å². The van der Waals surface area contributed by atoms with E-state index in [0.717, 1.165) is 18.6 Å². The molecule has 0 heterocycles. The van der Waals surface area contributed by atoms with Crippen LogP contribution in [0.15, 0.2) is 24.3 Å². The molecule has 0 saturated carbocycles. The smallest absolute Gasteiger partial charge is 0.217 e. The Morgan fingerprint density at radius 2 is 1.42 bits per heavy atom. The fourth-order valence-electron chi connectivity index (χ4n) is 3.15. The lowest BCUT2D eigenvalue weighted by molar-refractivity contribution is -0.131. The maximum atomic E-state index is 12.5. The molecule has 1 N–H and O–H groups in total. The Kier molecular flexibility index (Phi) is 16.0. The quantitative estimate of drug-likeness (QED) is 0.195. The number of allylic oxidation sites excluding steroid dienone is 4. The molecule has 31 heavy (non-hydrogen) atoms. The molecule has 0 rings (SSSR count). The molecule has 0 aromatic rings. The highest BCUT2D eigenvalue weighted by atomic mass is 32.2. The fourth-order valence-corrected chi connectivity index (χ4v) is 4.20. The van der Waals surface area contributed by atoms with E-state index in [9.17, 15) is 9.59 Å². The molecule has 0 saturated heterocycles. The number of Topliss-reactive ketones (excluding diaryl/α,β-unsaturated/α-hetero) is 1. The van der Waals surface area contributed by atoms with Crippen LogP contribution in [0.4, 0.5) is 0 Å². The van der Waals surface area contributed by atoms with E-state index in [-0.39, 0.29) is 17.7 Å². The van der Waals surface area contributed by atoms with Crippen molar-refractivity contribution in [3.63, 3.8) is 0 Å². The van der Waals surface area contributed by atoms with E-state index >= 15 is 0 Å². The van der Waals surface area contributed by atoms with Gasteiger partial charge in [0, 0.05) is 18.1 Å². The molecule has 1 atom stereocenters. The zero-order chi connectivity index (χ0) is 23.8. The summed E-state index contributed by atoms with van der Waals surface area (Å²) in [6.45, 7) is 14.0. The normalized spacial score (nSPS) is 13.8. The van der Waals surface area contributed by atoms with Gasteiger partial charge in [-0.05, 0) is 43.3 Å². The van der Waals surface area contributed by atoms with Crippen molar-refractivity contribution in [1.29, 1.82) is 0 Å². The van der Waals surface area contributed by atoms with Crippen LogP contribution in [-0.4, -0.2) is 29.2 Å². The average molecular weight is 452 g/mol. The number of ketones is 1. The number of carbonyl (C=O) groups is 2. The molecule has 0 aromatic heterocycles. The summed E-state index contributed by atoms with van der Waals surface area (Å²) in [6, 6.07) is -0.371. The van der Waals surface area contributed by atoms with E-state index < -0.39 is 5.41 Å². The average Bonchev–Trinajstić information content (AvgIpc) is 2.64. The highest BCUT2D eigenvalue weighted by Gasteiger charge is 2.29. The lowest BCUT2D eigenvalue weighted by atomic mass is 9.87. The summed E-state index contributed by atoms with van der Waals surface area (Å²) in [6.07, 6.45) is 20.2. The van der Waals surface area contributed by atoms with Gasteiger partial charge in [-0.15, -0.1) is 0 Å². The van der Waals surface area contributed by atoms with Gasteiger partial charge in [0.2, 0.25) is 5.91 Å². The summed E-state index contributed by atoms with van der Waals surface area (Å²) in [5.74, 6) is 1.71. The number of hydrogen-bond acceptors (Lipinski definition) is 3. The van der Waals surface area contributed by atoms with Crippen molar-refractivity contribution >= 4 is 23.5 Å². The number of amides is 1. The van der Waals surface area contributed by atoms with Crippen LogP contribution in [0.2, 0.25) is 0 Å². The Balaban J connectivity index is 3.69. The molecule has 0 radical (unpaired) electrons. The van der Waals surface area contributed by atoms with Gasteiger partial charge in [-0.1, -0.05) is 91.5 Å². The molecule has 0 aliphatic carbocycles. The summed E-state index contributed by atoms with van der Waals surface area (Å²) >= 11 is 1.78. The largest absolute Gasteiger partial charge is 0.346 e. The Labute approximate surface area is 197 Å². The van der Waals surface area contributed by atoms with Crippen LogP contribution >= 0.6 is 11.8 Å². The van der Waals surface area contributed by atoms with Crippen LogP contribution in [0.1, 0.15) is 106 Å². The molecule has 180 valence electrons. The number of nitrogens with one attached hydrogen (secondary N) is 1. The number of unbranched alkanes of at least 4 members (excludes halogenated alkanes) is 6. The van der Waals surface area contributed by atoms with Crippen LogP contribution in [0.5, 0.6) is 0 Å². The third kappa shape index (κ3) is 19.4. The molecular weight excluding hydrogens is 402 g/mol. The SMILES string of the molecule is CC(=O)N[C@H](CSCCCCCCCC/C=C\C/C=C\CC(C)(C)C)C(=O)C(C)(C)C. The van der Waals surface area contributed by atoms with Crippen LogP contribution in [-0.2, 0) is 9.59 Å². The van der Waals surface area contributed by atoms with Crippen molar-refractivity contribution in [2.75, 3.05) is 11.5 Å². The van der Waals surface area contributed by atoms with Crippen LogP contribution in [0.3, 0.4) is 0 Å². The topological polar surface area (TPSA) is 46.2 Å². The standard InChI is InChI=1S/C27H49NO2S/c1-23(29)28-24(25(30)27(5,6)7)22-31-21-19-17-15-13-11-9-8-10-12-14-16-18-20-26(2,3)4/h10,12,16,18,24H,8-9,11,13-15,17,19-22H2,1-7H3,(H,28,29)/b12-10-,18-16-/t24-/m1/s1. The second-order valence-corrected chi connectivity index (χ2v) is 11.9. The Hall–Kier alpha value is -1.03. The number of rotatable bonds is 16. The molecule has 0 aromatic carbocycles. The first kappa shape index (κ1) is 30.0. The van der Waals surface area contributed by atoms with Crippen LogP contribution in [0.25, 0.3) is 0 Å². The molecule has 0 spiro atoms. The second kappa shape index (κ2) is 16.6. The van der Waals surface area contributed by atoms with E-state index in [0.29, 0.717) is 11.2 Å². The first-order chi connectivity index (χ1) is 14.4. The summed E-state index contributed by atoms with van der Waals surface area (Å²) < 4.78 is 0. The van der Waals surface area contributed by atoms with Crippen molar-refractivity contribution in [3.05, 3.63) is 24.3 Å². The van der Waals surface area contributed by atoms with Gasteiger partial charge < -0.3 is 5.32 Å². The number of carbonyl (C=O) groups excluding carboxylic acids is 2. The Bertz CT molecular complexity index is 553. The minimum Gasteiger partial charge on any atom is -0.346 e. The van der Waals surface area contributed by atoms with Gasteiger partial charge in [-0.25, -0.2) is 0 Å². The third-order valence-electron chi connectivity index (χ3n) is 4.96. The molecule has 4 heteroatoms. The molecule has 1 amide bonds. The van der Waals surface area contributed by atoms with E-state index in [1.165, 1.54) is 51.9 Å². The van der Waals surface area contributed by atoms with Gasteiger partial charge in [0.05, 0.1) is 6.04 Å². The van der Waals surface area contributed by atoms with Crippen molar-refractivity contribution in [2.45, 2.75) is 112 Å². The Morgan fingerprint density at radius 1 is 0.839 bits per heavy atom. The molecule has 0 aliphatic heterocycles. The van der Waals surface area contributed by atoms with Gasteiger partial charge in [0.1, 0.15) is 0 Å². The van der Waals surface area contributed by atoms with Crippen LogP contribution in [0, 0.1) is 10.8 Å². The lowest BCUT2D eigenvalue weighted by Gasteiger charge is -2.24. The van der Waals surface area contributed by atoms with Crippen molar-refractivity contribution in [2.24, 2.45) is 10.8 Å². The molecule has 0 fully saturated rings. The summed E-state index contributed by atoms with van der Waals surface area (Å²) in [4.78, 5) is 23.9. The minimum absolute atomic E-state index is 0.116. The van der Waals surface area contributed by atoms with E-state index in [2.05, 4.69) is 50.4 Å². The second-order valence-electron chi connectivity index (χ2n) is 10.8. The summed E-state index contributed by atoms with van der Waals surface area (Å²) in [5, 5.41) is 2.82. The summed E-state index contributed by atoms with van der Waals surface area (Å²) in [5.41, 5.74) is -0.0366. The van der Waals surface area contributed by atoms with Crippen LogP contribution < -0.4 is 5.32 Å². The molecule has 0 unspecified atom stereocenters. The maximum Gasteiger partial charge on any atom is 0.217 e. The van der Waals surface area contributed by atoms with Crippen molar-refractivity contribution in [1.82, 2.24) is 5.32 Å². The van der Waals surface area contributed by atoms with E-state index in [1.54, 1.807) is 11.8 Å². The predicted octanol–water partition coefficient (Wildman–Crippen LogP) is 7.51. The molecule has 0 bridgehead atoms. The monoisotopic (exact) mass is 451 g/mol.